The van der Waals surface area contributed by atoms with Crippen molar-refractivity contribution in [2.24, 2.45) is 0 Å². The lowest BCUT2D eigenvalue weighted by Gasteiger charge is -2.19. The molecule has 0 unspecified atom stereocenters. The van der Waals surface area contributed by atoms with E-state index in [1.165, 1.54) is 12.1 Å². The number of carbonyl (C=O) groups is 1. The van der Waals surface area contributed by atoms with E-state index in [1.54, 1.807) is 0 Å². The summed E-state index contributed by atoms with van der Waals surface area (Å²) >= 11 is 0. The number of alkyl halides is 3. The fraction of sp³-hybridized carbons (Fsp3) is 0.174. The first-order chi connectivity index (χ1) is 13.4. The van der Waals surface area contributed by atoms with Crippen LogP contribution in [0.4, 0.5) is 13.2 Å². The summed E-state index contributed by atoms with van der Waals surface area (Å²) in [6.07, 6.45) is -4.06. The fourth-order valence-corrected chi connectivity index (χ4v) is 2.95. The van der Waals surface area contributed by atoms with Gasteiger partial charge in [0.2, 0.25) is 0 Å². The molecule has 0 aliphatic heterocycles. The van der Waals surface area contributed by atoms with Gasteiger partial charge in [-0.3, -0.25) is 0 Å². The van der Waals surface area contributed by atoms with E-state index in [0.717, 1.165) is 23.3 Å². The number of hydrogen-bond acceptors (Lipinski definition) is 2. The minimum atomic E-state index is -4.51. The van der Waals surface area contributed by atoms with Gasteiger partial charge in [0.05, 0.1) is 11.1 Å². The summed E-state index contributed by atoms with van der Waals surface area (Å²) in [6.45, 7) is 0. The third kappa shape index (κ3) is 5.46. The van der Waals surface area contributed by atoms with Crippen LogP contribution < -0.4 is 0 Å². The molecule has 0 spiro atoms. The van der Waals surface area contributed by atoms with Crippen molar-refractivity contribution in [3.05, 3.63) is 107 Å². The lowest BCUT2D eigenvalue weighted by molar-refractivity contribution is -0.137. The van der Waals surface area contributed by atoms with E-state index in [4.69, 9.17) is 4.74 Å². The van der Waals surface area contributed by atoms with Crippen LogP contribution in [0.5, 0.6) is 0 Å². The van der Waals surface area contributed by atoms with Crippen LogP contribution in [0.25, 0.3) is 0 Å². The number of carbonyl (C=O) groups excluding carboxylic acids is 1. The van der Waals surface area contributed by atoms with Crippen molar-refractivity contribution in [1.82, 2.24) is 0 Å². The lowest BCUT2D eigenvalue weighted by atomic mass is 10.0. The largest absolute Gasteiger partial charge is 0.458 e. The van der Waals surface area contributed by atoms with Crippen molar-refractivity contribution in [2.75, 3.05) is 0 Å². The maximum atomic E-state index is 12.9. The van der Waals surface area contributed by atoms with Crippen LogP contribution in [0.3, 0.4) is 0 Å². The van der Waals surface area contributed by atoms with E-state index in [-0.39, 0.29) is 5.56 Å². The standard InChI is InChI=1S/C23H19F3O2/c24-23(25,26)20-13-7-12-19(16-20)22(27)28-21(14-17-8-3-1-4-9-17)15-18-10-5-2-6-11-18/h1-13,16,21H,14-15H2. The molecule has 0 heterocycles. The van der Waals surface area contributed by atoms with E-state index in [2.05, 4.69) is 0 Å². The predicted molar refractivity (Wildman–Crippen MR) is 101 cm³/mol. The summed E-state index contributed by atoms with van der Waals surface area (Å²) in [5.74, 6) is -0.761. The zero-order valence-electron chi connectivity index (χ0n) is 15.0. The Bertz CT molecular complexity index is 864. The minimum Gasteiger partial charge on any atom is -0.458 e. The van der Waals surface area contributed by atoms with Crippen LogP contribution in [-0.2, 0) is 23.8 Å². The van der Waals surface area contributed by atoms with Gasteiger partial charge in [-0.2, -0.15) is 13.2 Å². The van der Waals surface area contributed by atoms with Gasteiger partial charge >= 0.3 is 12.1 Å². The van der Waals surface area contributed by atoms with E-state index in [0.29, 0.717) is 12.8 Å². The SMILES string of the molecule is O=C(OC(Cc1ccccc1)Cc1ccccc1)c1cccc(C(F)(F)F)c1. The number of benzene rings is 3. The molecule has 0 fully saturated rings. The highest BCUT2D eigenvalue weighted by Crippen LogP contribution is 2.29. The number of halogens is 3. The second kappa shape index (κ2) is 8.74. The molecule has 0 aliphatic rings. The summed E-state index contributed by atoms with van der Waals surface area (Å²) in [6, 6.07) is 23.4. The van der Waals surface area contributed by atoms with Gasteiger partial charge in [0.1, 0.15) is 6.10 Å². The Hall–Kier alpha value is -3.08. The Morgan fingerprint density at radius 1 is 0.786 bits per heavy atom. The first-order valence-electron chi connectivity index (χ1n) is 8.88. The first kappa shape index (κ1) is 19.7. The summed E-state index contributed by atoms with van der Waals surface area (Å²) in [7, 11) is 0. The molecule has 0 aliphatic carbocycles. The highest BCUT2D eigenvalue weighted by molar-refractivity contribution is 5.89. The van der Waals surface area contributed by atoms with Gasteiger partial charge in [0, 0.05) is 12.8 Å². The molecule has 0 saturated heterocycles. The van der Waals surface area contributed by atoms with Gasteiger partial charge in [-0.05, 0) is 29.3 Å². The van der Waals surface area contributed by atoms with Gasteiger partial charge in [-0.25, -0.2) is 4.79 Å². The third-order valence-electron chi connectivity index (χ3n) is 4.31. The van der Waals surface area contributed by atoms with E-state index in [1.807, 2.05) is 60.7 Å². The normalized spacial score (nSPS) is 11.4. The molecule has 0 aromatic heterocycles. The molecule has 3 aromatic carbocycles. The van der Waals surface area contributed by atoms with Crippen molar-refractivity contribution in [1.29, 1.82) is 0 Å². The van der Waals surface area contributed by atoms with E-state index >= 15 is 0 Å². The molecular weight excluding hydrogens is 365 g/mol. The van der Waals surface area contributed by atoms with Gasteiger partial charge in [0.25, 0.3) is 0 Å². The highest BCUT2D eigenvalue weighted by atomic mass is 19.4. The molecule has 2 nitrogen and oxygen atoms in total. The Morgan fingerprint density at radius 2 is 1.32 bits per heavy atom. The van der Waals surface area contributed by atoms with Crippen molar-refractivity contribution < 1.29 is 22.7 Å². The second-order valence-corrected chi connectivity index (χ2v) is 6.49. The van der Waals surface area contributed by atoms with Gasteiger partial charge in [-0.1, -0.05) is 66.7 Å². The number of ether oxygens (including phenoxy) is 1. The van der Waals surface area contributed by atoms with Gasteiger partial charge < -0.3 is 4.74 Å². The Kier molecular flexibility index (Phi) is 6.14. The van der Waals surface area contributed by atoms with Crippen molar-refractivity contribution in [3.63, 3.8) is 0 Å². The van der Waals surface area contributed by atoms with Crippen molar-refractivity contribution in [3.8, 4) is 0 Å². The molecule has 0 amide bonds. The Labute approximate surface area is 161 Å². The average Bonchev–Trinajstić information content (AvgIpc) is 2.69. The highest BCUT2D eigenvalue weighted by Gasteiger charge is 2.31. The second-order valence-electron chi connectivity index (χ2n) is 6.49. The lowest BCUT2D eigenvalue weighted by Crippen LogP contribution is -2.23. The summed E-state index contributed by atoms with van der Waals surface area (Å²) in [5.41, 5.74) is 0.992. The van der Waals surface area contributed by atoms with Crippen molar-refractivity contribution in [2.45, 2.75) is 25.1 Å². The molecule has 28 heavy (non-hydrogen) atoms. The fourth-order valence-electron chi connectivity index (χ4n) is 2.95. The van der Waals surface area contributed by atoms with Crippen LogP contribution in [-0.4, -0.2) is 12.1 Å². The van der Waals surface area contributed by atoms with E-state index in [9.17, 15) is 18.0 Å². The van der Waals surface area contributed by atoms with Crippen LogP contribution in [0.1, 0.15) is 27.0 Å². The van der Waals surface area contributed by atoms with Gasteiger partial charge in [0.15, 0.2) is 0 Å². The molecule has 0 bridgehead atoms. The Balaban J connectivity index is 1.79. The molecule has 3 rings (SSSR count). The van der Waals surface area contributed by atoms with Crippen LogP contribution in [0.15, 0.2) is 84.9 Å². The smallest absolute Gasteiger partial charge is 0.416 e. The quantitative estimate of drug-likeness (QED) is 0.509. The molecule has 0 N–H and O–H groups in total. The maximum Gasteiger partial charge on any atom is 0.416 e. The van der Waals surface area contributed by atoms with Crippen LogP contribution in [0.2, 0.25) is 0 Å². The predicted octanol–water partition coefficient (Wildman–Crippen LogP) is 5.72. The number of esters is 1. The summed E-state index contributed by atoms with van der Waals surface area (Å²) in [5, 5.41) is 0. The zero-order valence-corrected chi connectivity index (χ0v) is 15.0. The first-order valence-corrected chi connectivity index (χ1v) is 8.88. The molecule has 144 valence electrons. The summed E-state index contributed by atoms with van der Waals surface area (Å²) in [4.78, 5) is 12.5. The topological polar surface area (TPSA) is 26.3 Å². The number of rotatable bonds is 6. The van der Waals surface area contributed by atoms with Crippen LogP contribution >= 0.6 is 0 Å². The third-order valence-corrected chi connectivity index (χ3v) is 4.31. The van der Waals surface area contributed by atoms with Crippen molar-refractivity contribution >= 4 is 5.97 Å². The number of hydrogen-bond donors (Lipinski definition) is 0. The van der Waals surface area contributed by atoms with Crippen LogP contribution in [0, 0.1) is 0 Å². The maximum absolute atomic E-state index is 12.9. The monoisotopic (exact) mass is 384 g/mol. The molecular formula is C23H19F3O2. The molecule has 5 heteroatoms. The molecule has 0 radical (unpaired) electrons. The van der Waals surface area contributed by atoms with E-state index < -0.39 is 23.8 Å². The molecule has 0 saturated carbocycles. The minimum absolute atomic E-state index is 0.110. The Morgan fingerprint density at radius 3 is 1.82 bits per heavy atom. The molecule has 0 atom stereocenters. The van der Waals surface area contributed by atoms with Gasteiger partial charge in [-0.15, -0.1) is 0 Å². The summed E-state index contributed by atoms with van der Waals surface area (Å²) < 4.78 is 44.4. The molecule has 3 aromatic rings. The zero-order chi connectivity index (χ0) is 20.0. The average molecular weight is 384 g/mol.